The average molecular weight is 476 g/mol. The van der Waals surface area contributed by atoms with Crippen molar-refractivity contribution in [1.82, 2.24) is 9.88 Å². The van der Waals surface area contributed by atoms with Gasteiger partial charge in [0.15, 0.2) is 0 Å². The molecule has 0 amide bonds. The monoisotopic (exact) mass is 475 g/mol. The summed E-state index contributed by atoms with van der Waals surface area (Å²) in [6.07, 6.45) is 3.36. The fourth-order valence-electron chi connectivity index (χ4n) is 5.94. The van der Waals surface area contributed by atoms with Crippen molar-refractivity contribution in [3.8, 4) is 0 Å². The van der Waals surface area contributed by atoms with Gasteiger partial charge >= 0.3 is 5.97 Å². The molecule has 30 heavy (non-hydrogen) atoms. The maximum absolute atomic E-state index is 13.7. The van der Waals surface area contributed by atoms with Crippen LogP contribution in [0.3, 0.4) is 0 Å². The van der Waals surface area contributed by atoms with Crippen molar-refractivity contribution in [3.05, 3.63) is 35.5 Å². The first-order valence-electron chi connectivity index (χ1n) is 10.6. The van der Waals surface area contributed by atoms with E-state index in [1.165, 1.54) is 14.2 Å². The fraction of sp³-hybridized carbons (Fsp3) is 0.565. The Morgan fingerprint density at radius 3 is 2.77 bits per heavy atom. The molecule has 2 heterocycles. The van der Waals surface area contributed by atoms with E-state index in [1.807, 2.05) is 17.0 Å². The van der Waals surface area contributed by atoms with E-state index < -0.39 is 5.41 Å². The van der Waals surface area contributed by atoms with Crippen molar-refractivity contribution in [1.29, 1.82) is 5.41 Å². The number of amidine groups is 1. The van der Waals surface area contributed by atoms with Gasteiger partial charge in [-0.15, -0.1) is 0 Å². The lowest BCUT2D eigenvalue weighted by Gasteiger charge is -2.51. The molecule has 1 fully saturated rings. The van der Waals surface area contributed by atoms with Crippen molar-refractivity contribution in [3.63, 3.8) is 0 Å². The number of halogens is 1. The maximum atomic E-state index is 13.7. The minimum Gasteiger partial charge on any atom is -0.469 e. The Bertz CT molecular complexity index is 958. The smallest absolute Gasteiger partial charge is 0.319 e. The third kappa shape index (κ3) is 3.04. The first kappa shape index (κ1) is 21.2. The summed E-state index contributed by atoms with van der Waals surface area (Å²) < 4.78 is 10.9. The summed E-state index contributed by atoms with van der Waals surface area (Å²) in [5, 5.41) is 10.5. The Hall–Kier alpha value is -2.02. The quantitative estimate of drug-likeness (QED) is 0.301. The lowest BCUT2D eigenvalue weighted by molar-refractivity contribution is -0.154. The number of esters is 1. The predicted molar refractivity (Wildman–Crippen MR) is 121 cm³/mol. The Morgan fingerprint density at radius 1 is 1.33 bits per heavy atom. The van der Waals surface area contributed by atoms with Crippen LogP contribution in [0, 0.1) is 17.2 Å². The Kier molecular flexibility index (Phi) is 5.84. The summed E-state index contributed by atoms with van der Waals surface area (Å²) >= 11 is 3.69. The van der Waals surface area contributed by atoms with Crippen LogP contribution in [-0.2, 0) is 26.1 Å². The molecule has 0 unspecified atom stereocenters. The Labute approximate surface area is 185 Å². The molecule has 1 aliphatic heterocycles. The highest BCUT2D eigenvalue weighted by atomic mass is 79.9. The molecule has 2 aliphatic rings. The van der Waals surface area contributed by atoms with Crippen molar-refractivity contribution in [2.24, 2.45) is 11.8 Å². The summed E-state index contributed by atoms with van der Waals surface area (Å²) in [7, 11) is 3.01. The molecule has 0 saturated heterocycles. The van der Waals surface area contributed by atoms with E-state index in [1.54, 1.807) is 0 Å². The van der Waals surface area contributed by atoms with Crippen LogP contribution < -0.4 is 0 Å². The van der Waals surface area contributed by atoms with Crippen LogP contribution in [0.25, 0.3) is 10.9 Å². The highest BCUT2D eigenvalue weighted by molar-refractivity contribution is 9.09. The number of aromatic amines is 1. The van der Waals surface area contributed by atoms with E-state index in [-0.39, 0.29) is 24.0 Å². The molecule has 162 valence electrons. The highest BCUT2D eigenvalue weighted by Gasteiger charge is 2.60. The van der Waals surface area contributed by atoms with Gasteiger partial charge < -0.3 is 19.4 Å². The zero-order valence-electron chi connectivity index (χ0n) is 17.8. The van der Waals surface area contributed by atoms with Crippen LogP contribution in [0.1, 0.15) is 37.4 Å². The normalized spacial score (nSPS) is 28.4. The van der Waals surface area contributed by atoms with Crippen LogP contribution in [0.5, 0.6) is 0 Å². The largest absolute Gasteiger partial charge is 0.469 e. The third-order valence-corrected chi connectivity index (χ3v) is 8.06. The lowest BCUT2D eigenvalue weighted by Crippen LogP contribution is -2.63. The fourth-order valence-corrected chi connectivity index (χ4v) is 6.44. The van der Waals surface area contributed by atoms with E-state index in [0.29, 0.717) is 18.9 Å². The molecular formula is C23H30BrN3O3. The number of methoxy groups -OCH3 is 2. The highest BCUT2D eigenvalue weighted by Crippen LogP contribution is 2.52. The average Bonchev–Trinajstić information content (AvgIpc) is 3.09. The summed E-state index contributed by atoms with van der Waals surface area (Å²) in [4.78, 5) is 19.3. The number of aromatic nitrogens is 1. The zero-order chi connectivity index (χ0) is 21.5. The van der Waals surface area contributed by atoms with Gasteiger partial charge in [0.05, 0.1) is 20.3 Å². The molecule has 1 saturated carbocycles. The maximum Gasteiger partial charge on any atom is 0.319 e. The van der Waals surface area contributed by atoms with Gasteiger partial charge in [0.2, 0.25) is 0 Å². The number of carbonyl (C=O) groups excluding carboxylic acids is 1. The number of H-pyrrole nitrogens is 1. The lowest BCUT2D eigenvalue weighted by atomic mass is 9.59. The number of rotatable bonds is 3. The van der Waals surface area contributed by atoms with E-state index >= 15 is 0 Å². The molecule has 6 nitrogen and oxygen atoms in total. The molecule has 4 atom stereocenters. The zero-order valence-corrected chi connectivity index (χ0v) is 19.4. The number of fused-ring (bicyclic) bond motifs is 5. The van der Waals surface area contributed by atoms with Gasteiger partial charge in [0.25, 0.3) is 6.02 Å². The standard InChI is InChI=1S/C23H30BrN3O3/c1-4-15-11-14(13-24)12-23(21(28)29-2)19-17(16-7-5-6-8-18(16)26-19)9-10-27(20(15)23)22(25)30-3/h5-8,14-15,20,25-26H,4,9-13H2,1-3H3/t14-,15-,20+,23-/m0/s1. The topological polar surface area (TPSA) is 78.4 Å². The van der Waals surface area contributed by atoms with Gasteiger partial charge in [-0.2, -0.15) is 0 Å². The number of hydrogen-bond acceptors (Lipinski definition) is 4. The van der Waals surface area contributed by atoms with Crippen molar-refractivity contribution in [2.75, 3.05) is 26.1 Å². The summed E-state index contributed by atoms with van der Waals surface area (Å²) in [6.45, 7) is 2.81. The number of benzene rings is 1. The second kappa shape index (κ2) is 8.25. The van der Waals surface area contributed by atoms with Crippen molar-refractivity contribution in [2.45, 2.75) is 44.1 Å². The minimum atomic E-state index is -0.873. The molecule has 7 heteroatoms. The van der Waals surface area contributed by atoms with Gasteiger partial charge in [0.1, 0.15) is 5.41 Å². The molecule has 0 bridgehead atoms. The van der Waals surface area contributed by atoms with E-state index in [4.69, 9.17) is 14.9 Å². The molecule has 4 rings (SSSR count). The van der Waals surface area contributed by atoms with E-state index in [9.17, 15) is 4.79 Å². The van der Waals surface area contributed by atoms with Crippen LogP contribution in [0.15, 0.2) is 24.3 Å². The second-order valence-corrected chi connectivity index (χ2v) is 9.16. The van der Waals surface area contributed by atoms with Crippen LogP contribution >= 0.6 is 15.9 Å². The summed E-state index contributed by atoms with van der Waals surface area (Å²) in [6, 6.07) is 8.18. The SMILES string of the molecule is CC[C@H]1C[C@H](CBr)C[C@]2(C(=O)OC)c3[nH]c4ccccc4c3CCN(C(=N)OC)[C@H]12. The molecule has 1 aliphatic carbocycles. The number of nitrogens with one attached hydrogen (secondary N) is 2. The van der Waals surface area contributed by atoms with E-state index in [0.717, 1.165) is 46.8 Å². The first-order valence-corrected chi connectivity index (χ1v) is 11.8. The Balaban J connectivity index is 2.03. The van der Waals surface area contributed by atoms with Gasteiger partial charge in [-0.25, -0.2) is 0 Å². The predicted octanol–water partition coefficient (Wildman–Crippen LogP) is 4.22. The van der Waals surface area contributed by atoms with Gasteiger partial charge in [-0.1, -0.05) is 47.5 Å². The number of para-hydroxylation sites is 1. The number of alkyl halides is 1. The van der Waals surface area contributed by atoms with Crippen LogP contribution in [0.4, 0.5) is 0 Å². The van der Waals surface area contributed by atoms with Gasteiger partial charge in [-0.3, -0.25) is 10.2 Å². The molecule has 0 radical (unpaired) electrons. The second-order valence-electron chi connectivity index (χ2n) is 8.51. The number of hydrogen-bond donors (Lipinski definition) is 2. The number of ether oxygens (including phenoxy) is 2. The molecule has 1 aromatic heterocycles. The molecule has 2 N–H and O–H groups in total. The number of carbonyl (C=O) groups is 1. The summed E-state index contributed by atoms with van der Waals surface area (Å²) in [5.74, 6) is 0.370. The number of nitrogens with zero attached hydrogens (tertiary/aromatic N) is 1. The molecule has 1 aromatic carbocycles. The molecule has 0 spiro atoms. The molecular weight excluding hydrogens is 446 g/mol. The molecule has 2 aromatic rings. The Morgan fingerprint density at radius 2 is 2.10 bits per heavy atom. The van der Waals surface area contributed by atoms with E-state index in [2.05, 4.69) is 40.0 Å². The summed E-state index contributed by atoms with van der Waals surface area (Å²) in [5.41, 5.74) is 2.31. The minimum absolute atomic E-state index is 0.124. The van der Waals surface area contributed by atoms with Crippen LogP contribution in [0.2, 0.25) is 0 Å². The van der Waals surface area contributed by atoms with Crippen molar-refractivity contribution >= 4 is 38.8 Å². The van der Waals surface area contributed by atoms with Gasteiger partial charge in [-0.05, 0) is 42.7 Å². The third-order valence-electron chi connectivity index (χ3n) is 7.14. The van der Waals surface area contributed by atoms with Gasteiger partial charge in [0, 0.05) is 28.5 Å². The van der Waals surface area contributed by atoms with Crippen LogP contribution in [-0.4, -0.2) is 54.0 Å². The van der Waals surface area contributed by atoms with Crippen molar-refractivity contribution < 1.29 is 14.3 Å². The first-order chi connectivity index (χ1) is 14.5.